The first-order valence-electron chi connectivity index (χ1n) is 5.90. The van der Waals surface area contributed by atoms with Crippen LogP contribution >= 0.6 is 0 Å². The lowest BCUT2D eigenvalue weighted by atomic mass is 10.1. The average Bonchev–Trinajstić information content (AvgIpc) is 2.63. The number of fused-ring (bicyclic) bond motifs is 1. The van der Waals surface area contributed by atoms with E-state index in [0.29, 0.717) is 0 Å². The molecule has 2 N–H and O–H groups in total. The maximum atomic E-state index is 5.96. The van der Waals surface area contributed by atoms with E-state index in [4.69, 9.17) is 5.73 Å². The van der Waals surface area contributed by atoms with Crippen LogP contribution in [-0.2, 0) is 13.1 Å². The van der Waals surface area contributed by atoms with Crippen LogP contribution in [0.4, 0.5) is 5.69 Å². The quantitative estimate of drug-likeness (QED) is 0.603. The van der Waals surface area contributed by atoms with Crippen LogP contribution in [0.1, 0.15) is 37.3 Å². The van der Waals surface area contributed by atoms with Gasteiger partial charge in [-0.1, -0.05) is 31.9 Å². The molecular formula is C13H20N2. The maximum absolute atomic E-state index is 5.96. The number of hydrogen-bond acceptors (Lipinski definition) is 2. The first kappa shape index (κ1) is 10.5. The molecule has 0 unspecified atom stereocenters. The third kappa shape index (κ3) is 2.32. The number of nitrogens with two attached hydrogens (primary N) is 1. The van der Waals surface area contributed by atoms with Crippen molar-refractivity contribution in [2.24, 2.45) is 0 Å². The monoisotopic (exact) mass is 204 g/mol. The van der Waals surface area contributed by atoms with Gasteiger partial charge in [0.15, 0.2) is 0 Å². The van der Waals surface area contributed by atoms with Gasteiger partial charge in [0, 0.05) is 18.8 Å². The van der Waals surface area contributed by atoms with E-state index in [1.54, 1.807) is 0 Å². The lowest BCUT2D eigenvalue weighted by Crippen LogP contribution is -2.17. The van der Waals surface area contributed by atoms with Gasteiger partial charge in [-0.3, -0.25) is 4.90 Å². The Morgan fingerprint density at radius 3 is 2.87 bits per heavy atom. The molecule has 15 heavy (non-hydrogen) atoms. The molecule has 0 spiro atoms. The summed E-state index contributed by atoms with van der Waals surface area (Å²) in [5.74, 6) is 0. The second kappa shape index (κ2) is 4.67. The summed E-state index contributed by atoms with van der Waals surface area (Å²) in [5.41, 5.74) is 9.70. The van der Waals surface area contributed by atoms with Crippen molar-refractivity contribution in [2.45, 2.75) is 39.3 Å². The molecule has 2 rings (SSSR count). The molecule has 0 saturated heterocycles. The summed E-state index contributed by atoms with van der Waals surface area (Å²) in [7, 11) is 0. The summed E-state index contributed by atoms with van der Waals surface area (Å²) >= 11 is 0. The van der Waals surface area contributed by atoms with Gasteiger partial charge in [-0.15, -0.1) is 0 Å². The van der Waals surface area contributed by atoms with Crippen molar-refractivity contribution in [3.05, 3.63) is 29.3 Å². The highest BCUT2D eigenvalue weighted by Crippen LogP contribution is 2.27. The van der Waals surface area contributed by atoms with Crippen LogP contribution in [0.5, 0.6) is 0 Å². The van der Waals surface area contributed by atoms with Gasteiger partial charge in [-0.2, -0.15) is 0 Å². The van der Waals surface area contributed by atoms with E-state index in [2.05, 4.69) is 24.0 Å². The first-order valence-corrected chi connectivity index (χ1v) is 5.90. The number of rotatable bonds is 4. The zero-order valence-corrected chi connectivity index (χ0v) is 9.50. The van der Waals surface area contributed by atoms with Crippen molar-refractivity contribution in [3.63, 3.8) is 0 Å². The average molecular weight is 204 g/mol. The topological polar surface area (TPSA) is 29.3 Å². The fourth-order valence-electron chi connectivity index (χ4n) is 2.26. The molecule has 0 fully saturated rings. The van der Waals surface area contributed by atoms with Crippen LogP contribution in [0.3, 0.4) is 0 Å². The van der Waals surface area contributed by atoms with E-state index in [-0.39, 0.29) is 0 Å². The number of benzene rings is 1. The summed E-state index contributed by atoms with van der Waals surface area (Å²) in [6.45, 7) is 5.59. The summed E-state index contributed by atoms with van der Waals surface area (Å²) in [4.78, 5) is 2.50. The number of unbranched alkanes of at least 4 members (excludes halogenated alkanes) is 2. The van der Waals surface area contributed by atoms with E-state index >= 15 is 0 Å². The highest BCUT2D eigenvalue weighted by molar-refractivity contribution is 5.52. The predicted molar refractivity (Wildman–Crippen MR) is 64.5 cm³/mol. The molecule has 1 aliphatic rings. The van der Waals surface area contributed by atoms with Gasteiger partial charge in [0.2, 0.25) is 0 Å². The minimum Gasteiger partial charge on any atom is -0.398 e. The zero-order valence-electron chi connectivity index (χ0n) is 9.50. The minimum absolute atomic E-state index is 0.963. The molecule has 0 aliphatic carbocycles. The SMILES string of the molecule is CCCCCN1Cc2cccc(N)c2C1. The van der Waals surface area contributed by atoms with Crippen LogP contribution in [0, 0.1) is 0 Å². The largest absolute Gasteiger partial charge is 0.398 e. The van der Waals surface area contributed by atoms with Crippen LogP contribution in [0.15, 0.2) is 18.2 Å². The predicted octanol–water partition coefficient (Wildman–Crippen LogP) is 2.77. The van der Waals surface area contributed by atoms with Crippen LogP contribution in [0.25, 0.3) is 0 Å². The van der Waals surface area contributed by atoms with Gasteiger partial charge in [-0.25, -0.2) is 0 Å². The molecule has 0 amide bonds. The van der Waals surface area contributed by atoms with Crippen molar-refractivity contribution in [3.8, 4) is 0 Å². The summed E-state index contributed by atoms with van der Waals surface area (Å²) in [6, 6.07) is 6.27. The molecule has 0 bridgehead atoms. The van der Waals surface area contributed by atoms with Crippen molar-refractivity contribution in [2.75, 3.05) is 12.3 Å². The summed E-state index contributed by atoms with van der Waals surface area (Å²) in [5, 5.41) is 0. The molecule has 0 aromatic heterocycles. The third-order valence-corrected chi connectivity index (χ3v) is 3.16. The molecule has 2 nitrogen and oxygen atoms in total. The van der Waals surface area contributed by atoms with Gasteiger partial charge >= 0.3 is 0 Å². The van der Waals surface area contributed by atoms with Gasteiger partial charge in [0.1, 0.15) is 0 Å². The van der Waals surface area contributed by atoms with Crippen molar-refractivity contribution in [1.29, 1.82) is 0 Å². The molecule has 0 saturated carbocycles. The Morgan fingerprint density at radius 1 is 1.27 bits per heavy atom. The standard InChI is InChI=1S/C13H20N2/c1-2-3-4-8-15-9-11-6-5-7-13(14)12(11)10-15/h5-7H,2-4,8-10,14H2,1H3. The Bertz CT molecular complexity index is 333. The van der Waals surface area contributed by atoms with Crippen molar-refractivity contribution in [1.82, 2.24) is 4.90 Å². The van der Waals surface area contributed by atoms with E-state index in [9.17, 15) is 0 Å². The Hall–Kier alpha value is -1.02. The fourth-order valence-corrected chi connectivity index (χ4v) is 2.26. The zero-order chi connectivity index (χ0) is 10.7. The lowest BCUT2D eigenvalue weighted by molar-refractivity contribution is 0.277. The second-order valence-corrected chi connectivity index (χ2v) is 4.40. The number of anilines is 1. The van der Waals surface area contributed by atoms with Gasteiger partial charge < -0.3 is 5.73 Å². The Labute approximate surface area is 92.1 Å². The first-order chi connectivity index (χ1) is 7.31. The fraction of sp³-hybridized carbons (Fsp3) is 0.538. The third-order valence-electron chi connectivity index (χ3n) is 3.16. The summed E-state index contributed by atoms with van der Waals surface area (Å²) < 4.78 is 0. The van der Waals surface area contributed by atoms with Crippen LogP contribution < -0.4 is 5.73 Å². The highest BCUT2D eigenvalue weighted by Gasteiger charge is 2.19. The normalized spacial score (nSPS) is 15.5. The van der Waals surface area contributed by atoms with Gasteiger partial charge in [0.05, 0.1) is 0 Å². The van der Waals surface area contributed by atoms with Crippen molar-refractivity contribution >= 4 is 5.69 Å². The Kier molecular flexibility index (Phi) is 3.27. The van der Waals surface area contributed by atoms with Crippen LogP contribution in [0.2, 0.25) is 0 Å². The van der Waals surface area contributed by atoms with Crippen LogP contribution in [-0.4, -0.2) is 11.4 Å². The van der Waals surface area contributed by atoms with E-state index in [0.717, 1.165) is 18.8 Å². The Balaban J connectivity index is 1.94. The van der Waals surface area contributed by atoms with Crippen molar-refractivity contribution < 1.29 is 0 Å². The second-order valence-electron chi connectivity index (χ2n) is 4.40. The number of hydrogen-bond donors (Lipinski definition) is 1. The van der Waals surface area contributed by atoms with E-state index in [1.807, 2.05) is 6.07 Å². The molecule has 0 radical (unpaired) electrons. The number of nitrogen functional groups attached to an aromatic ring is 1. The molecule has 82 valence electrons. The van der Waals surface area contributed by atoms with Gasteiger partial charge in [0.25, 0.3) is 0 Å². The molecule has 1 aliphatic heterocycles. The molecule has 1 heterocycles. The molecule has 1 aromatic carbocycles. The lowest BCUT2D eigenvalue weighted by Gasteiger charge is -2.13. The molecular weight excluding hydrogens is 184 g/mol. The molecule has 2 heteroatoms. The summed E-state index contributed by atoms with van der Waals surface area (Å²) in [6.07, 6.45) is 3.94. The van der Waals surface area contributed by atoms with E-state index in [1.165, 1.54) is 36.9 Å². The Morgan fingerprint density at radius 2 is 2.13 bits per heavy atom. The molecule has 0 atom stereocenters. The highest BCUT2D eigenvalue weighted by atomic mass is 15.1. The molecule has 1 aromatic rings. The van der Waals surface area contributed by atoms with Gasteiger partial charge in [-0.05, 0) is 30.2 Å². The van der Waals surface area contributed by atoms with E-state index < -0.39 is 0 Å². The smallest absolute Gasteiger partial charge is 0.0363 e. The number of nitrogens with zero attached hydrogens (tertiary/aromatic N) is 1. The maximum Gasteiger partial charge on any atom is 0.0363 e. The minimum atomic E-state index is 0.963.